The first-order valence-electron chi connectivity index (χ1n) is 15.7. The molecule has 7 heteroatoms. The van der Waals surface area contributed by atoms with Gasteiger partial charge in [-0.05, 0) is 86.6 Å². The van der Waals surface area contributed by atoms with E-state index in [-0.39, 0.29) is 11.8 Å². The summed E-state index contributed by atoms with van der Waals surface area (Å²) in [4.78, 5) is 36.5. The fraction of sp³-hybridized carbons (Fsp3) is 0.297. The normalized spacial score (nSPS) is 16.1. The monoisotopic (exact) mass is 587 g/mol. The van der Waals surface area contributed by atoms with Crippen LogP contribution in [0, 0.1) is 0 Å². The van der Waals surface area contributed by atoms with Gasteiger partial charge in [-0.3, -0.25) is 9.59 Å². The van der Waals surface area contributed by atoms with Crippen molar-refractivity contribution < 1.29 is 9.59 Å². The average Bonchev–Trinajstić information content (AvgIpc) is 3.39. The average molecular weight is 588 g/mol. The number of likely N-dealkylation sites (N-methyl/N-ethyl adjacent to an activating group) is 1. The molecule has 7 nitrogen and oxygen atoms in total. The predicted molar refractivity (Wildman–Crippen MR) is 180 cm³/mol. The number of hydrogen-bond donors (Lipinski definition) is 1. The number of nitrogens with one attached hydrogen (secondary N) is 1. The lowest BCUT2D eigenvalue weighted by molar-refractivity contribution is 0.0986. The molecule has 2 aliphatic heterocycles. The van der Waals surface area contributed by atoms with Crippen LogP contribution in [0.15, 0.2) is 103 Å². The van der Waals surface area contributed by atoms with E-state index in [1.165, 1.54) is 6.42 Å². The van der Waals surface area contributed by atoms with E-state index in [1.54, 1.807) is 0 Å². The Bertz CT molecular complexity index is 1570. The zero-order valence-electron chi connectivity index (χ0n) is 25.5. The van der Waals surface area contributed by atoms with Crippen LogP contribution < -0.4 is 15.1 Å². The molecule has 1 saturated heterocycles. The lowest BCUT2D eigenvalue weighted by atomic mass is 9.99. The summed E-state index contributed by atoms with van der Waals surface area (Å²) in [6.07, 6.45) is 2.11. The van der Waals surface area contributed by atoms with Crippen LogP contribution in [0.1, 0.15) is 33.6 Å². The van der Waals surface area contributed by atoms with E-state index in [1.807, 2.05) is 89.8 Å². The predicted octanol–water partition coefficient (Wildman–Crippen LogP) is 6.10. The van der Waals surface area contributed by atoms with Crippen molar-refractivity contribution in [1.29, 1.82) is 0 Å². The van der Waals surface area contributed by atoms with Gasteiger partial charge in [0.25, 0.3) is 11.8 Å². The number of benzene rings is 4. The number of carbonyl (C=O) groups is 2. The topological polar surface area (TPSA) is 59.1 Å². The highest BCUT2D eigenvalue weighted by Crippen LogP contribution is 2.33. The molecule has 4 aromatic rings. The summed E-state index contributed by atoms with van der Waals surface area (Å²) >= 11 is 0. The smallest absolute Gasteiger partial charge is 0.258 e. The molecule has 2 amide bonds. The number of para-hydroxylation sites is 2. The van der Waals surface area contributed by atoms with Gasteiger partial charge >= 0.3 is 0 Å². The van der Waals surface area contributed by atoms with Crippen molar-refractivity contribution in [3.8, 4) is 11.1 Å². The third kappa shape index (κ3) is 6.85. The van der Waals surface area contributed by atoms with E-state index in [9.17, 15) is 9.59 Å². The summed E-state index contributed by atoms with van der Waals surface area (Å²) in [6.45, 7) is 8.08. The largest absolute Gasteiger partial charge is 0.368 e. The fourth-order valence-corrected chi connectivity index (χ4v) is 6.25. The maximum Gasteiger partial charge on any atom is 0.258 e. The molecule has 2 heterocycles. The van der Waals surface area contributed by atoms with Crippen molar-refractivity contribution in [2.45, 2.75) is 12.8 Å². The lowest BCUT2D eigenvalue weighted by Gasteiger charge is -2.29. The van der Waals surface area contributed by atoms with Gasteiger partial charge in [-0.15, -0.1) is 0 Å². The first-order valence-corrected chi connectivity index (χ1v) is 15.7. The molecule has 0 radical (unpaired) electrons. The van der Waals surface area contributed by atoms with Gasteiger partial charge in [0.1, 0.15) is 0 Å². The van der Waals surface area contributed by atoms with Crippen LogP contribution in [-0.2, 0) is 0 Å². The molecule has 1 N–H and O–H groups in total. The van der Waals surface area contributed by atoms with Gasteiger partial charge in [-0.25, -0.2) is 0 Å². The Morgan fingerprint density at radius 1 is 0.659 bits per heavy atom. The van der Waals surface area contributed by atoms with Gasteiger partial charge < -0.3 is 24.9 Å². The highest BCUT2D eigenvalue weighted by Gasteiger charge is 2.26. The minimum absolute atomic E-state index is 0.0258. The molecule has 0 aliphatic carbocycles. The molecule has 0 bridgehead atoms. The molecule has 1 fully saturated rings. The molecule has 4 aromatic carbocycles. The molecular weight excluding hydrogens is 546 g/mol. The van der Waals surface area contributed by atoms with Gasteiger partial charge in [0, 0.05) is 56.1 Å². The second-order valence-electron chi connectivity index (χ2n) is 11.7. The molecule has 0 unspecified atom stereocenters. The van der Waals surface area contributed by atoms with Crippen molar-refractivity contribution >= 4 is 28.9 Å². The van der Waals surface area contributed by atoms with Crippen molar-refractivity contribution in [2.75, 3.05) is 74.5 Å². The number of fused-ring (bicyclic) bond motifs is 1. The van der Waals surface area contributed by atoms with Gasteiger partial charge in [-0.1, -0.05) is 60.7 Å². The lowest BCUT2D eigenvalue weighted by Crippen LogP contribution is -2.37. The summed E-state index contributed by atoms with van der Waals surface area (Å²) < 4.78 is 0. The van der Waals surface area contributed by atoms with E-state index in [0.717, 1.165) is 74.7 Å². The maximum atomic E-state index is 13.9. The second kappa shape index (κ2) is 13.9. The number of carbonyl (C=O) groups excluding carboxylic acids is 2. The van der Waals surface area contributed by atoms with Crippen molar-refractivity contribution in [3.05, 3.63) is 114 Å². The van der Waals surface area contributed by atoms with E-state index in [0.29, 0.717) is 23.4 Å². The molecule has 0 saturated carbocycles. The summed E-state index contributed by atoms with van der Waals surface area (Å²) in [5.41, 5.74) is 5.80. The molecule has 0 aromatic heterocycles. The van der Waals surface area contributed by atoms with Gasteiger partial charge in [0.05, 0.1) is 11.4 Å². The van der Waals surface area contributed by atoms with Crippen LogP contribution in [0.25, 0.3) is 11.1 Å². The van der Waals surface area contributed by atoms with Gasteiger partial charge in [0.15, 0.2) is 0 Å². The Morgan fingerprint density at radius 2 is 1.36 bits per heavy atom. The zero-order chi connectivity index (χ0) is 30.3. The summed E-state index contributed by atoms with van der Waals surface area (Å²) in [5.74, 6) is -0.209. The van der Waals surface area contributed by atoms with Crippen LogP contribution in [0.3, 0.4) is 0 Å². The SMILES string of the molecule is CN1CCCN(CCN2CCCN(C(=O)c3ccc(NC(=O)c4ccccc4-c4ccccc4)cc3)c3ccccc32)CC1. The number of rotatable bonds is 7. The van der Waals surface area contributed by atoms with E-state index in [4.69, 9.17) is 0 Å². The number of hydrogen-bond acceptors (Lipinski definition) is 5. The highest BCUT2D eigenvalue weighted by atomic mass is 16.2. The van der Waals surface area contributed by atoms with Crippen molar-refractivity contribution in [1.82, 2.24) is 9.80 Å². The molecule has 6 rings (SSSR count). The van der Waals surface area contributed by atoms with Crippen LogP contribution >= 0.6 is 0 Å². The van der Waals surface area contributed by atoms with Crippen LogP contribution in [0.5, 0.6) is 0 Å². The molecule has 0 spiro atoms. The number of anilines is 3. The van der Waals surface area contributed by atoms with Crippen LogP contribution in [0.4, 0.5) is 17.1 Å². The zero-order valence-corrected chi connectivity index (χ0v) is 25.5. The Labute approximate surface area is 260 Å². The second-order valence-corrected chi connectivity index (χ2v) is 11.7. The minimum atomic E-state index is -0.183. The van der Waals surface area contributed by atoms with E-state index < -0.39 is 0 Å². The molecule has 44 heavy (non-hydrogen) atoms. The van der Waals surface area contributed by atoms with Gasteiger partial charge in [-0.2, -0.15) is 0 Å². The minimum Gasteiger partial charge on any atom is -0.368 e. The number of amides is 2. The first-order chi connectivity index (χ1) is 21.6. The molecule has 2 aliphatic rings. The maximum absolute atomic E-state index is 13.9. The summed E-state index contributed by atoms with van der Waals surface area (Å²) in [5, 5.41) is 3.02. The Morgan fingerprint density at radius 3 is 2.18 bits per heavy atom. The Hall–Kier alpha value is -4.46. The first kappa shape index (κ1) is 29.6. The molecular formula is C37H41N5O2. The van der Waals surface area contributed by atoms with E-state index >= 15 is 0 Å². The Balaban J connectivity index is 1.14. The highest BCUT2D eigenvalue weighted by molar-refractivity contribution is 6.10. The fourth-order valence-electron chi connectivity index (χ4n) is 6.25. The van der Waals surface area contributed by atoms with Crippen LogP contribution in [0.2, 0.25) is 0 Å². The Kier molecular flexibility index (Phi) is 9.34. The standard InChI is InChI=1S/C37H41N5O2/c1-39-21-9-22-40(26-25-39)27-28-41-23-10-24-42(35-16-8-7-15-34(35)41)37(44)30-17-19-31(20-18-30)38-36(43)33-14-6-5-13-32(33)29-11-3-2-4-12-29/h2-8,11-20H,9-10,21-28H2,1H3,(H,38,43). The van der Waals surface area contributed by atoms with Gasteiger partial charge in [0.2, 0.25) is 0 Å². The third-order valence-electron chi connectivity index (χ3n) is 8.71. The summed E-state index contributed by atoms with van der Waals surface area (Å²) in [7, 11) is 2.20. The van der Waals surface area contributed by atoms with Crippen molar-refractivity contribution in [3.63, 3.8) is 0 Å². The third-order valence-corrected chi connectivity index (χ3v) is 8.71. The number of nitrogens with zero attached hydrogens (tertiary/aromatic N) is 4. The van der Waals surface area contributed by atoms with Crippen molar-refractivity contribution in [2.24, 2.45) is 0 Å². The van der Waals surface area contributed by atoms with Crippen LogP contribution in [-0.4, -0.2) is 81.0 Å². The summed E-state index contributed by atoms with van der Waals surface area (Å²) in [6, 6.07) is 33.0. The molecule has 226 valence electrons. The molecule has 0 atom stereocenters. The quantitative estimate of drug-likeness (QED) is 0.283. The van der Waals surface area contributed by atoms with E-state index in [2.05, 4.69) is 45.3 Å².